The molecule has 1 aromatic carbocycles. The van der Waals surface area contributed by atoms with E-state index < -0.39 is 0 Å². The average molecular weight is 290 g/mol. The predicted octanol–water partition coefficient (Wildman–Crippen LogP) is 3.89. The van der Waals surface area contributed by atoms with Crippen LogP contribution in [0.25, 0.3) is 0 Å². The smallest absolute Gasteiger partial charge is 0.0606 e. The molecule has 3 heteroatoms. The summed E-state index contributed by atoms with van der Waals surface area (Å²) in [5.41, 5.74) is 2.40. The molecule has 2 N–H and O–H groups in total. The molecule has 0 atom stereocenters. The zero-order valence-corrected chi connectivity index (χ0v) is 13.4. The Balaban J connectivity index is 1.83. The van der Waals surface area contributed by atoms with E-state index in [-0.39, 0.29) is 6.61 Å². The lowest BCUT2D eigenvalue weighted by molar-refractivity contribution is 0.302. The van der Waals surface area contributed by atoms with E-state index in [9.17, 15) is 0 Å². The van der Waals surface area contributed by atoms with Crippen molar-refractivity contribution in [1.82, 2.24) is 0 Å². The molecule has 3 nitrogen and oxygen atoms in total. The molecule has 0 aliphatic heterocycles. The van der Waals surface area contributed by atoms with Crippen molar-refractivity contribution in [1.29, 1.82) is 0 Å². The predicted molar refractivity (Wildman–Crippen MR) is 91.1 cm³/mol. The van der Waals surface area contributed by atoms with Crippen LogP contribution in [0.1, 0.15) is 45.4 Å². The van der Waals surface area contributed by atoms with Crippen molar-refractivity contribution in [3.05, 3.63) is 24.3 Å². The zero-order valence-electron chi connectivity index (χ0n) is 13.4. The summed E-state index contributed by atoms with van der Waals surface area (Å²) in [5.74, 6) is 0.841. The molecule has 118 valence electrons. The number of aliphatic hydroxyl groups is 1. The van der Waals surface area contributed by atoms with E-state index >= 15 is 0 Å². The van der Waals surface area contributed by atoms with Crippen LogP contribution in [-0.4, -0.2) is 31.3 Å². The highest BCUT2D eigenvalue weighted by Gasteiger charge is 2.11. The molecule has 0 amide bonds. The number of nitrogens with one attached hydrogen (secondary N) is 1. The van der Waals surface area contributed by atoms with Crippen LogP contribution in [0.4, 0.5) is 11.4 Å². The second kappa shape index (κ2) is 8.93. The van der Waals surface area contributed by atoms with Crippen LogP contribution < -0.4 is 10.2 Å². The summed E-state index contributed by atoms with van der Waals surface area (Å²) in [6, 6.07) is 8.61. The maximum atomic E-state index is 9.08. The first-order valence-electron chi connectivity index (χ1n) is 8.53. The third kappa shape index (κ3) is 5.24. The summed E-state index contributed by atoms with van der Waals surface area (Å²) in [5, 5.41) is 12.7. The minimum atomic E-state index is 0.204. The monoisotopic (exact) mass is 290 g/mol. The Kier molecular flexibility index (Phi) is 6.87. The van der Waals surface area contributed by atoms with E-state index in [1.165, 1.54) is 49.9 Å². The average Bonchev–Trinajstić information content (AvgIpc) is 2.80. The minimum absolute atomic E-state index is 0.204. The van der Waals surface area contributed by atoms with Crippen molar-refractivity contribution in [3.8, 4) is 0 Å². The van der Waals surface area contributed by atoms with Gasteiger partial charge in [-0.15, -0.1) is 0 Å². The maximum absolute atomic E-state index is 9.08. The first kappa shape index (κ1) is 16.2. The summed E-state index contributed by atoms with van der Waals surface area (Å²) < 4.78 is 0. The molecule has 0 saturated heterocycles. The third-order valence-electron chi connectivity index (χ3n) is 4.55. The largest absolute Gasteiger partial charge is 0.395 e. The van der Waals surface area contributed by atoms with Gasteiger partial charge < -0.3 is 15.3 Å². The van der Waals surface area contributed by atoms with Gasteiger partial charge in [-0.05, 0) is 49.9 Å². The Hall–Kier alpha value is -1.22. The number of hydrogen-bond acceptors (Lipinski definition) is 3. The van der Waals surface area contributed by atoms with Gasteiger partial charge in [-0.2, -0.15) is 0 Å². The van der Waals surface area contributed by atoms with Gasteiger partial charge >= 0.3 is 0 Å². The van der Waals surface area contributed by atoms with Gasteiger partial charge in [0.05, 0.1) is 6.61 Å². The summed E-state index contributed by atoms with van der Waals surface area (Å²) in [7, 11) is 0. The topological polar surface area (TPSA) is 35.5 Å². The van der Waals surface area contributed by atoms with E-state index in [1.54, 1.807) is 0 Å². The number of rotatable bonds is 7. The Bertz CT molecular complexity index is 383. The second-order valence-electron chi connectivity index (χ2n) is 6.09. The van der Waals surface area contributed by atoms with Gasteiger partial charge in [-0.3, -0.25) is 0 Å². The fourth-order valence-electron chi connectivity index (χ4n) is 3.21. The molecule has 1 aliphatic carbocycles. The highest BCUT2D eigenvalue weighted by molar-refractivity contribution is 5.55. The fraction of sp³-hybridized carbons (Fsp3) is 0.667. The third-order valence-corrected chi connectivity index (χ3v) is 4.55. The van der Waals surface area contributed by atoms with Crippen LogP contribution in [0.5, 0.6) is 0 Å². The van der Waals surface area contributed by atoms with Crippen LogP contribution in [0.2, 0.25) is 0 Å². The molecule has 1 fully saturated rings. The quantitative estimate of drug-likeness (QED) is 0.748. The lowest BCUT2D eigenvalue weighted by atomic mass is 10.0. The summed E-state index contributed by atoms with van der Waals surface area (Å²) in [6.07, 6.45) is 8.40. The number of likely N-dealkylation sites (N-methyl/N-ethyl adjacent to an activating group) is 1. The lowest BCUT2D eigenvalue weighted by Gasteiger charge is -2.22. The van der Waals surface area contributed by atoms with Crippen molar-refractivity contribution in [2.45, 2.75) is 45.4 Å². The van der Waals surface area contributed by atoms with E-state index in [2.05, 4.69) is 41.4 Å². The molecule has 0 radical (unpaired) electrons. The van der Waals surface area contributed by atoms with Gasteiger partial charge in [-0.25, -0.2) is 0 Å². The second-order valence-corrected chi connectivity index (χ2v) is 6.09. The number of aliphatic hydroxyl groups excluding tert-OH is 1. The standard InChI is InChI=1S/C18H30N2O/c1-2-20(13-14-21)18-11-9-17(10-12-18)19-15-16-7-5-3-4-6-8-16/h9-12,16,19,21H,2-8,13-15H2,1H3. The van der Waals surface area contributed by atoms with Gasteiger partial charge in [0, 0.05) is 31.0 Å². The van der Waals surface area contributed by atoms with Gasteiger partial charge in [0.2, 0.25) is 0 Å². The SMILES string of the molecule is CCN(CCO)c1ccc(NCC2CCCCCC2)cc1. The van der Waals surface area contributed by atoms with E-state index in [1.807, 2.05) is 0 Å². The van der Waals surface area contributed by atoms with Gasteiger partial charge in [0.15, 0.2) is 0 Å². The van der Waals surface area contributed by atoms with E-state index in [4.69, 9.17) is 5.11 Å². The van der Waals surface area contributed by atoms with E-state index in [0.29, 0.717) is 6.54 Å². The number of benzene rings is 1. The first-order valence-corrected chi connectivity index (χ1v) is 8.53. The molecule has 1 aliphatic rings. The summed E-state index contributed by atoms with van der Waals surface area (Å²) in [4.78, 5) is 2.19. The maximum Gasteiger partial charge on any atom is 0.0606 e. The molecule has 0 aromatic heterocycles. The molecule has 0 bridgehead atoms. The van der Waals surface area contributed by atoms with Crippen LogP contribution >= 0.6 is 0 Å². The van der Waals surface area contributed by atoms with Crippen molar-refractivity contribution in [2.75, 3.05) is 36.5 Å². The van der Waals surface area contributed by atoms with Gasteiger partial charge in [0.1, 0.15) is 0 Å². The molecule has 0 heterocycles. The minimum Gasteiger partial charge on any atom is -0.395 e. The van der Waals surface area contributed by atoms with Crippen molar-refractivity contribution in [2.24, 2.45) is 5.92 Å². The van der Waals surface area contributed by atoms with Gasteiger partial charge in [0.25, 0.3) is 0 Å². The lowest BCUT2D eigenvalue weighted by Crippen LogP contribution is -2.26. The Morgan fingerprint density at radius 2 is 1.76 bits per heavy atom. The number of anilines is 2. The van der Waals surface area contributed by atoms with Crippen LogP contribution in [0.15, 0.2) is 24.3 Å². The first-order chi connectivity index (χ1) is 10.3. The highest BCUT2D eigenvalue weighted by atomic mass is 16.3. The molecule has 21 heavy (non-hydrogen) atoms. The molecule has 1 saturated carbocycles. The summed E-state index contributed by atoms with van der Waals surface area (Å²) >= 11 is 0. The Morgan fingerprint density at radius 1 is 1.10 bits per heavy atom. The van der Waals surface area contributed by atoms with Crippen molar-refractivity contribution < 1.29 is 5.11 Å². The molecule has 0 unspecified atom stereocenters. The molecular weight excluding hydrogens is 260 g/mol. The van der Waals surface area contributed by atoms with Crippen molar-refractivity contribution in [3.63, 3.8) is 0 Å². The van der Waals surface area contributed by atoms with Crippen LogP contribution in [-0.2, 0) is 0 Å². The number of hydrogen-bond donors (Lipinski definition) is 2. The zero-order chi connectivity index (χ0) is 14.9. The van der Waals surface area contributed by atoms with Crippen LogP contribution in [0.3, 0.4) is 0 Å². The van der Waals surface area contributed by atoms with Gasteiger partial charge in [-0.1, -0.05) is 25.7 Å². The molecule has 2 rings (SSSR count). The molecule has 1 aromatic rings. The highest BCUT2D eigenvalue weighted by Crippen LogP contribution is 2.24. The fourth-order valence-corrected chi connectivity index (χ4v) is 3.21. The van der Waals surface area contributed by atoms with E-state index in [0.717, 1.165) is 19.0 Å². The Morgan fingerprint density at radius 3 is 2.33 bits per heavy atom. The Labute approximate surface area is 129 Å². The van der Waals surface area contributed by atoms with Crippen LogP contribution in [0, 0.1) is 5.92 Å². The molecular formula is C18H30N2O. The normalized spacial score (nSPS) is 16.5. The summed E-state index contributed by atoms with van der Waals surface area (Å²) in [6.45, 7) is 5.05. The van der Waals surface area contributed by atoms with Crippen molar-refractivity contribution >= 4 is 11.4 Å². The number of nitrogens with zero attached hydrogens (tertiary/aromatic N) is 1. The molecule has 0 spiro atoms.